The molecule has 4 rings (SSSR count). The Morgan fingerprint density at radius 3 is 2.62 bits per heavy atom. The molecule has 34 heavy (non-hydrogen) atoms. The topological polar surface area (TPSA) is 60.7 Å². The highest BCUT2D eigenvalue weighted by Crippen LogP contribution is 2.57. The summed E-state index contributed by atoms with van der Waals surface area (Å²) in [5.74, 6) is 2.12. The highest BCUT2D eigenvalue weighted by atomic mass is 32.2. The zero-order chi connectivity index (χ0) is 24.5. The quantitative estimate of drug-likeness (QED) is 0.318. The summed E-state index contributed by atoms with van der Waals surface area (Å²) in [4.78, 5) is 1.22. The monoisotopic (exact) mass is 482 g/mol. The Morgan fingerprint density at radius 1 is 1.18 bits per heavy atom. The van der Waals surface area contributed by atoms with Crippen molar-refractivity contribution in [1.29, 1.82) is 0 Å². The highest BCUT2D eigenvalue weighted by Gasteiger charge is 2.45. The molecule has 5 atom stereocenters. The number of benzene rings is 1. The average molecular weight is 483 g/mol. The molecular weight excluding hydrogens is 440 g/mol. The molecule has 0 bridgehead atoms. The number of rotatable bonds is 6. The van der Waals surface area contributed by atoms with E-state index in [2.05, 4.69) is 44.2 Å². The van der Waals surface area contributed by atoms with Crippen molar-refractivity contribution in [2.75, 3.05) is 5.75 Å². The van der Waals surface area contributed by atoms with Gasteiger partial charge in [-0.15, -0.1) is 11.8 Å². The Bertz CT molecular complexity index is 958. The predicted molar refractivity (Wildman–Crippen MR) is 142 cm³/mol. The van der Waals surface area contributed by atoms with E-state index in [-0.39, 0.29) is 5.41 Å². The first-order valence-electron chi connectivity index (χ1n) is 13.0. The highest BCUT2D eigenvalue weighted by molar-refractivity contribution is 7.99. The van der Waals surface area contributed by atoms with Gasteiger partial charge in [-0.1, -0.05) is 60.9 Å². The number of allylic oxidation sites excluding steroid dienone is 5. The first-order valence-corrected chi connectivity index (χ1v) is 14.0. The second kappa shape index (κ2) is 10.3. The molecule has 3 N–H and O–H groups in total. The molecule has 0 unspecified atom stereocenters. The van der Waals surface area contributed by atoms with Gasteiger partial charge in [0.1, 0.15) is 0 Å². The van der Waals surface area contributed by atoms with E-state index in [0.717, 1.165) is 24.2 Å². The third kappa shape index (κ3) is 5.73. The lowest BCUT2D eigenvalue weighted by Gasteiger charge is -2.42. The van der Waals surface area contributed by atoms with Crippen LogP contribution in [0.3, 0.4) is 0 Å². The summed E-state index contributed by atoms with van der Waals surface area (Å²) < 4.78 is 0. The molecule has 4 heteroatoms. The van der Waals surface area contributed by atoms with E-state index in [9.17, 15) is 15.3 Å². The Labute approximate surface area is 210 Å². The van der Waals surface area contributed by atoms with Crippen molar-refractivity contribution in [1.82, 2.24) is 0 Å². The van der Waals surface area contributed by atoms with Crippen molar-refractivity contribution in [2.45, 2.75) is 95.3 Å². The minimum atomic E-state index is -0.815. The van der Waals surface area contributed by atoms with Crippen molar-refractivity contribution in [2.24, 2.45) is 17.3 Å². The Morgan fingerprint density at radius 2 is 1.91 bits per heavy atom. The van der Waals surface area contributed by atoms with Crippen LogP contribution in [0.1, 0.15) is 78.2 Å². The smallest absolute Gasteiger partial charge is 0.0840 e. The summed E-state index contributed by atoms with van der Waals surface area (Å²) in [7, 11) is 0. The molecule has 3 aliphatic rings. The summed E-state index contributed by atoms with van der Waals surface area (Å²) >= 11 is 1.89. The standard InChI is InChI=1S/C30H42O3S/c1-20(19-34-26-9-5-8-23(17-26)29(2,3)33)27-12-13-28-22(7-6-14-30(27,28)4)11-10-21-15-24(31)18-25(32)16-21/h5,8-12,17,20,24-25,28,31-33H,6-7,13-16,18-19H2,1-4H3/b22-11+/t20-,24-,25-,28+,30-/m1/s1. The van der Waals surface area contributed by atoms with Crippen LogP contribution in [0.15, 0.2) is 64.1 Å². The van der Waals surface area contributed by atoms with Crippen LogP contribution < -0.4 is 0 Å². The van der Waals surface area contributed by atoms with E-state index in [1.807, 2.05) is 37.7 Å². The zero-order valence-electron chi connectivity index (χ0n) is 21.3. The van der Waals surface area contributed by atoms with Crippen LogP contribution in [-0.4, -0.2) is 33.3 Å². The lowest BCUT2D eigenvalue weighted by Crippen LogP contribution is -2.33. The number of hydrogen-bond donors (Lipinski definition) is 3. The van der Waals surface area contributed by atoms with Gasteiger partial charge in [-0.2, -0.15) is 0 Å². The first kappa shape index (κ1) is 25.8. The maximum Gasteiger partial charge on any atom is 0.0840 e. The molecule has 1 aromatic rings. The second-order valence-corrected chi connectivity index (χ2v) is 12.6. The van der Waals surface area contributed by atoms with Crippen LogP contribution in [-0.2, 0) is 5.60 Å². The maximum atomic E-state index is 10.4. The van der Waals surface area contributed by atoms with Gasteiger partial charge in [-0.3, -0.25) is 0 Å². The molecule has 3 aliphatic carbocycles. The van der Waals surface area contributed by atoms with Crippen LogP contribution >= 0.6 is 11.8 Å². The van der Waals surface area contributed by atoms with Crippen molar-refractivity contribution < 1.29 is 15.3 Å². The molecule has 0 amide bonds. The molecule has 3 nitrogen and oxygen atoms in total. The molecular formula is C30H42O3S. The Balaban J connectivity index is 1.43. The maximum absolute atomic E-state index is 10.4. The van der Waals surface area contributed by atoms with E-state index in [1.165, 1.54) is 23.3 Å². The van der Waals surface area contributed by atoms with E-state index < -0.39 is 17.8 Å². The molecule has 2 fully saturated rings. The molecule has 0 aromatic heterocycles. The summed E-state index contributed by atoms with van der Waals surface area (Å²) in [5.41, 5.74) is 4.71. The molecule has 0 spiro atoms. The first-order chi connectivity index (χ1) is 16.1. The number of hydrogen-bond acceptors (Lipinski definition) is 4. The van der Waals surface area contributed by atoms with Gasteiger partial charge in [0.25, 0.3) is 0 Å². The van der Waals surface area contributed by atoms with Crippen LogP contribution in [0, 0.1) is 17.3 Å². The van der Waals surface area contributed by atoms with Gasteiger partial charge in [0.2, 0.25) is 0 Å². The summed E-state index contributed by atoms with van der Waals surface area (Å²) in [6.45, 7) is 8.52. The minimum Gasteiger partial charge on any atom is -0.393 e. The van der Waals surface area contributed by atoms with E-state index in [1.54, 1.807) is 11.1 Å². The van der Waals surface area contributed by atoms with Gasteiger partial charge in [0, 0.05) is 10.6 Å². The Hall–Kier alpha value is -1.33. The fourth-order valence-electron chi connectivity index (χ4n) is 6.42. The van der Waals surface area contributed by atoms with Crippen molar-refractivity contribution in [3.8, 4) is 0 Å². The molecule has 0 aliphatic heterocycles. The van der Waals surface area contributed by atoms with Gasteiger partial charge in [-0.25, -0.2) is 0 Å². The lowest BCUT2D eigenvalue weighted by molar-refractivity contribution is 0.0609. The van der Waals surface area contributed by atoms with Gasteiger partial charge in [0.15, 0.2) is 0 Å². The fourth-order valence-corrected chi connectivity index (χ4v) is 7.43. The molecule has 2 saturated carbocycles. The minimum absolute atomic E-state index is 0.225. The zero-order valence-corrected chi connectivity index (χ0v) is 22.1. The SMILES string of the molecule is C[C@H](CSc1cccc(C(C)(C)O)c1)C1=CC[C@H]2/C(=C/C=C3C[C@@H](O)C[C@H](O)C3)CCC[C@]12C. The van der Waals surface area contributed by atoms with Crippen molar-refractivity contribution in [3.63, 3.8) is 0 Å². The number of aliphatic hydroxyl groups excluding tert-OH is 2. The average Bonchev–Trinajstić information content (AvgIpc) is 3.12. The van der Waals surface area contributed by atoms with Crippen molar-refractivity contribution >= 4 is 11.8 Å². The second-order valence-electron chi connectivity index (χ2n) is 11.5. The number of aliphatic hydroxyl groups is 3. The molecule has 0 saturated heterocycles. The molecule has 0 heterocycles. The Kier molecular flexibility index (Phi) is 7.83. The fraction of sp³-hybridized carbons (Fsp3) is 0.600. The number of thioether (sulfide) groups is 1. The van der Waals surface area contributed by atoms with E-state index >= 15 is 0 Å². The van der Waals surface area contributed by atoms with Crippen LogP contribution in [0.2, 0.25) is 0 Å². The largest absolute Gasteiger partial charge is 0.393 e. The summed E-state index contributed by atoms with van der Waals surface area (Å²) in [5, 5.41) is 30.4. The van der Waals surface area contributed by atoms with E-state index in [4.69, 9.17) is 0 Å². The predicted octanol–water partition coefficient (Wildman–Crippen LogP) is 6.54. The third-order valence-corrected chi connectivity index (χ3v) is 9.51. The van der Waals surface area contributed by atoms with Gasteiger partial charge >= 0.3 is 0 Å². The van der Waals surface area contributed by atoms with Crippen LogP contribution in [0.25, 0.3) is 0 Å². The number of fused-ring (bicyclic) bond motifs is 1. The molecule has 0 radical (unpaired) electrons. The van der Waals surface area contributed by atoms with Gasteiger partial charge in [0.05, 0.1) is 17.8 Å². The van der Waals surface area contributed by atoms with Gasteiger partial charge < -0.3 is 15.3 Å². The van der Waals surface area contributed by atoms with Gasteiger partial charge in [-0.05, 0) is 93.7 Å². The lowest BCUT2D eigenvalue weighted by atomic mass is 9.62. The van der Waals surface area contributed by atoms with Crippen LogP contribution in [0.5, 0.6) is 0 Å². The summed E-state index contributed by atoms with van der Waals surface area (Å²) in [6, 6.07) is 8.31. The normalized spacial score (nSPS) is 31.9. The molecule has 186 valence electrons. The van der Waals surface area contributed by atoms with Crippen molar-refractivity contribution in [3.05, 3.63) is 64.8 Å². The third-order valence-electron chi connectivity index (χ3n) is 8.26. The molecule has 1 aromatic carbocycles. The van der Waals surface area contributed by atoms with Crippen LogP contribution in [0.4, 0.5) is 0 Å². The van der Waals surface area contributed by atoms with E-state index in [0.29, 0.717) is 31.1 Å². The summed E-state index contributed by atoms with van der Waals surface area (Å²) in [6.07, 6.45) is 12.8.